The van der Waals surface area contributed by atoms with Crippen LogP contribution in [-0.2, 0) is 11.3 Å². The number of carbonyl (C=O) groups excluding carboxylic acids is 2. The van der Waals surface area contributed by atoms with Gasteiger partial charge in [-0.2, -0.15) is 0 Å². The number of nitrogens with one attached hydrogen (secondary N) is 2. The van der Waals surface area contributed by atoms with Gasteiger partial charge in [-0.25, -0.2) is 4.98 Å². The Labute approximate surface area is 123 Å². The molecule has 0 radical (unpaired) electrons. The molecule has 2 N–H and O–H groups in total. The molecule has 0 bridgehead atoms. The quantitative estimate of drug-likeness (QED) is 0.828. The number of piperidine rings is 1. The fraction of sp³-hybridized carbons (Fsp3) is 0.643. The summed E-state index contributed by atoms with van der Waals surface area (Å²) < 4.78 is 1.97. The maximum atomic E-state index is 12.7. The van der Waals surface area contributed by atoms with Gasteiger partial charge in [0.25, 0.3) is 5.91 Å². The molecular weight excluding hydrogens is 270 g/mol. The summed E-state index contributed by atoms with van der Waals surface area (Å²) in [5.74, 6) is 0.509. The van der Waals surface area contributed by atoms with E-state index in [2.05, 4.69) is 15.6 Å². The fourth-order valence-electron chi connectivity index (χ4n) is 3.04. The third-order valence-corrected chi connectivity index (χ3v) is 4.17. The maximum Gasteiger partial charge on any atom is 0.274 e. The number of hydrogen-bond donors (Lipinski definition) is 2. The molecule has 21 heavy (non-hydrogen) atoms. The number of likely N-dealkylation sites (tertiary alicyclic amines) is 1. The van der Waals surface area contributed by atoms with Gasteiger partial charge in [0.15, 0.2) is 0 Å². The van der Waals surface area contributed by atoms with Crippen LogP contribution >= 0.6 is 0 Å². The first kappa shape index (κ1) is 13.9. The molecule has 3 rings (SSSR count). The average Bonchev–Trinajstić information content (AvgIpc) is 2.97. The van der Waals surface area contributed by atoms with Gasteiger partial charge in [0.1, 0.15) is 11.7 Å². The van der Waals surface area contributed by atoms with Crippen molar-refractivity contribution in [1.82, 2.24) is 19.8 Å². The molecule has 0 saturated carbocycles. The first-order valence-electron chi connectivity index (χ1n) is 7.54. The zero-order valence-electron chi connectivity index (χ0n) is 12.3. The normalized spacial score (nSPS) is 21.4. The lowest BCUT2D eigenvalue weighted by Crippen LogP contribution is -2.51. The van der Waals surface area contributed by atoms with Gasteiger partial charge in [-0.1, -0.05) is 0 Å². The first-order chi connectivity index (χ1) is 10.2. The van der Waals surface area contributed by atoms with Crippen LogP contribution in [0.25, 0.3) is 0 Å². The highest BCUT2D eigenvalue weighted by atomic mass is 16.2. The molecule has 3 heterocycles. The number of imidazole rings is 1. The average molecular weight is 291 g/mol. The van der Waals surface area contributed by atoms with E-state index in [1.807, 2.05) is 4.57 Å². The summed E-state index contributed by atoms with van der Waals surface area (Å²) in [5, 5.41) is 5.84. The molecule has 1 aromatic rings. The minimum absolute atomic E-state index is 0.0925. The van der Waals surface area contributed by atoms with Crippen LogP contribution in [0.2, 0.25) is 0 Å². The Morgan fingerprint density at radius 1 is 1.33 bits per heavy atom. The Bertz CT molecular complexity index is 530. The minimum atomic E-state index is -0.372. The molecule has 0 aromatic carbocycles. The Hall–Kier alpha value is -2.05. The summed E-state index contributed by atoms with van der Waals surface area (Å²) in [4.78, 5) is 30.7. The van der Waals surface area contributed by atoms with Crippen LogP contribution in [0.1, 0.15) is 36.2 Å². The third-order valence-electron chi connectivity index (χ3n) is 4.17. The number of nitrogens with zero attached hydrogens (tertiary/aromatic N) is 3. The zero-order chi connectivity index (χ0) is 14.8. The predicted octanol–water partition coefficient (Wildman–Crippen LogP) is 0.439. The molecule has 114 valence electrons. The van der Waals surface area contributed by atoms with Crippen molar-refractivity contribution >= 4 is 17.8 Å². The second-order valence-electron chi connectivity index (χ2n) is 5.55. The molecule has 0 spiro atoms. The van der Waals surface area contributed by atoms with E-state index < -0.39 is 0 Å². The molecule has 7 heteroatoms. The van der Waals surface area contributed by atoms with Crippen molar-refractivity contribution in [2.75, 3.05) is 25.5 Å². The highest BCUT2D eigenvalue weighted by Gasteiger charge is 2.33. The van der Waals surface area contributed by atoms with Crippen molar-refractivity contribution in [2.24, 2.45) is 0 Å². The fourth-order valence-corrected chi connectivity index (χ4v) is 3.04. The standard InChI is InChI=1S/C14H21N5O2/c1-15-12(20)11-5-2-3-8-19(11)13(21)10-9-18-7-4-6-16-14(18)17-10/h9,11H,2-8H2,1H3,(H,15,20)(H,16,17). The maximum absolute atomic E-state index is 12.7. The van der Waals surface area contributed by atoms with E-state index in [0.717, 1.165) is 44.7 Å². The van der Waals surface area contributed by atoms with Crippen molar-refractivity contribution in [3.63, 3.8) is 0 Å². The summed E-state index contributed by atoms with van der Waals surface area (Å²) in [6, 6.07) is -0.372. The van der Waals surface area contributed by atoms with E-state index in [9.17, 15) is 9.59 Å². The summed E-state index contributed by atoms with van der Waals surface area (Å²) >= 11 is 0. The Kier molecular flexibility index (Phi) is 3.81. The molecule has 1 unspecified atom stereocenters. The topological polar surface area (TPSA) is 79.3 Å². The largest absolute Gasteiger partial charge is 0.357 e. The van der Waals surface area contributed by atoms with Crippen molar-refractivity contribution in [3.8, 4) is 0 Å². The smallest absolute Gasteiger partial charge is 0.274 e. The second kappa shape index (κ2) is 5.75. The van der Waals surface area contributed by atoms with Crippen molar-refractivity contribution < 1.29 is 9.59 Å². The highest BCUT2D eigenvalue weighted by Crippen LogP contribution is 2.21. The first-order valence-corrected chi connectivity index (χ1v) is 7.54. The van der Waals surface area contributed by atoms with Crippen LogP contribution in [-0.4, -0.2) is 52.4 Å². The van der Waals surface area contributed by atoms with Gasteiger partial charge >= 0.3 is 0 Å². The van der Waals surface area contributed by atoms with Crippen LogP contribution in [0.4, 0.5) is 5.95 Å². The van der Waals surface area contributed by atoms with Gasteiger partial charge in [-0.15, -0.1) is 0 Å². The van der Waals surface area contributed by atoms with Gasteiger partial charge in [0.05, 0.1) is 0 Å². The summed E-state index contributed by atoms with van der Waals surface area (Å²) in [5.41, 5.74) is 0.426. The van der Waals surface area contributed by atoms with Gasteiger partial charge in [0, 0.05) is 32.9 Å². The van der Waals surface area contributed by atoms with Crippen molar-refractivity contribution in [2.45, 2.75) is 38.3 Å². The summed E-state index contributed by atoms with van der Waals surface area (Å²) in [7, 11) is 1.61. The van der Waals surface area contributed by atoms with Crippen LogP contribution in [0, 0.1) is 0 Å². The Balaban J connectivity index is 1.82. The van der Waals surface area contributed by atoms with Crippen LogP contribution in [0.5, 0.6) is 0 Å². The lowest BCUT2D eigenvalue weighted by molar-refractivity contribution is -0.126. The molecule has 1 saturated heterocycles. The van der Waals surface area contributed by atoms with Crippen molar-refractivity contribution in [3.05, 3.63) is 11.9 Å². The number of hydrogen-bond acceptors (Lipinski definition) is 4. The molecule has 7 nitrogen and oxygen atoms in total. The van der Waals surface area contributed by atoms with Crippen LogP contribution in [0.3, 0.4) is 0 Å². The number of anilines is 1. The Morgan fingerprint density at radius 2 is 2.19 bits per heavy atom. The van der Waals surface area contributed by atoms with Crippen LogP contribution in [0.15, 0.2) is 6.20 Å². The Morgan fingerprint density at radius 3 is 2.95 bits per heavy atom. The van der Waals surface area contributed by atoms with E-state index in [0.29, 0.717) is 12.2 Å². The zero-order valence-corrected chi connectivity index (χ0v) is 12.3. The minimum Gasteiger partial charge on any atom is -0.357 e. The van der Waals surface area contributed by atoms with Crippen LogP contribution < -0.4 is 10.6 Å². The monoisotopic (exact) mass is 291 g/mol. The molecule has 2 amide bonds. The molecule has 2 aliphatic heterocycles. The molecule has 0 aliphatic carbocycles. The predicted molar refractivity (Wildman–Crippen MR) is 78.1 cm³/mol. The molecule has 2 aliphatic rings. The lowest BCUT2D eigenvalue weighted by atomic mass is 10.0. The number of fused-ring (bicyclic) bond motifs is 1. The lowest BCUT2D eigenvalue weighted by Gasteiger charge is -2.33. The number of aryl methyl sites for hydroxylation is 1. The number of amides is 2. The summed E-state index contributed by atoms with van der Waals surface area (Å²) in [6.45, 7) is 2.38. The van der Waals surface area contributed by atoms with Gasteiger partial charge in [-0.3, -0.25) is 9.59 Å². The van der Waals surface area contributed by atoms with E-state index in [1.165, 1.54) is 0 Å². The molecule has 1 fully saturated rings. The van der Waals surface area contributed by atoms with Gasteiger partial charge in [0.2, 0.25) is 11.9 Å². The second-order valence-corrected chi connectivity index (χ2v) is 5.55. The van der Waals surface area contributed by atoms with Gasteiger partial charge in [-0.05, 0) is 25.7 Å². The number of rotatable bonds is 2. The SMILES string of the molecule is CNC(=O)C1CCCCN1C(=O)c1cn2c(n1)NCCC2. The summed E-state index contributed by atoms with van der Waals surface area (Å²) in [6.07, 6.45) is 5.45. The molecule has 1 atom stereocenters. The van der Waals surface area contributed by atoms with E-state index in [1.54, 1.807) is 18.1 Å². The third kappa shape index (κ3) is 2.59. The molecular formula is C14H21N5O2. The number of likely N-dealkylation sites (N-methyl/N-ethyl adjacent to an activating group) is 1. The highest BCUT2D eigenvalue weighted by molar-refractivity contribution is 5.96. The number of carbonyl (C=O) groups is 2. The van der Waals surface area contributed by atoms with E-state index >= 15 is 0 Å². The molecule has 1 aromatic heterocycles. The van der Waals surface area contributed by atoms with Crippen molar-refractivity contribution in [1.29, 1.82) is 0 Å². The van der Waals surface area contributed by atoms with E-state index in [4.69, 9.17) is 0 Å². The van der Waals surface area contributed by atoms with E-state index in [-0.39, 0.29) is 17.9 Å². The number of aromatic nitrogens is 2. The van der Waals surface area contributed by atoms with Gasteiger partial charge < -0.3 is 20.1 Å².